The second-order valence-electron chi connectivity index (χ2n) is 2.76. The second kappa shape index (κ2) is 3.48. The number of nitrogens with two attached hydrogens (primary N) is 1. The summed E-state index contributed by atoms with van der Waals surface area (Å²) in [6.07, 6.45) is 0. The summed E-state index contributed by atoms with van der Waals surface area (Å²) in [5, 5.41) is 3.05. The number of halogens is 2. The van der Waals surface area contributed by atoms with Gasteiger partial charge in [0.05, 0.1) is 5.69 Å². The lowest BCUT2D eigenvalue weighted by Crippen LogP contribution is -1.83. The third-order valence-corrected chi connectivity index (χ3v) is 3.91. The minimum atomic E-state index is 0.506. The van der Waals surface area contributed by atoms with E-state index in [1.807, 2.05) is 11.4 Å². The van der Waals surface area contributed by atoms with E-state index in [4.69, 9.17) is 17.3 Å². The largest absolute Gasteiger partial charge is 0.398 e. The number of rotatable bonds is 1. The monoisotopic (exact) mass is 275 g/mol. The molecule has 2 rings (SSSR count). The molecule has 0 saturated heterocycles. The van der Waals surface area contributed by atoms with Crippen LogP contribution in [0.3, 0.4) is 0 Å². The fraction of sp³-hybridized carbons (Fsp3) is 0.111. The molecule has 1 nitrogen and oxygen atoms in total. The van der Waals surface area contributed by atoms with Crippen molar-refractivity contribution in [2.75, 3.05) is 5.73 Å². The lowest BCUT2D eigenvalue weighted by molar-refractivity contribution is 1.40. The van der Waals surface area contributed by atoms with Crippen LogP contribution >= 0.6 is 38.9 Å². The van der Waals surface area contributed by atoms with Gasteiger partial charge in [-0.3, -0.25) is 0 Å². The molecule has 2 aromatic rings. The Kier molecular flexibility index (Phi) is 2.49. The quantitative estimate of drug-likeness (QED) is 0.783. The summed E-state index contributed by atoms with van der Waals surface area (Å²) in [4.78, 5) is 0. The highest BCUT2D eigenvalue weighted by molar-refractivity contribution is 9.10. The molecule has 0 atom stereocenters. The van der Waals surface area contributed by atoms with E-state index in [1.165, 1.54) is 4.70 Å². The lowest BCUT2D eigenvalue weighted by Gasteiger charge is -2.00. The van der Waals surface area contributed by atoms with Gasteiger partial charge in [0.2, 0.25) is 0 Å². The first-order valence-electron chi connectivity index (χ1n) is 3.73. The zero-order valence-corrected chi connectivity index (χ0v) is 9.84. The van der Waals surface area contributed by atoms with Crippen molar-refractivity contribution in [3.63, 3.8) is 0 Å². The van der Waals surface area contributed by atoms with Crippen LogP contribution in [0, 0.1) is 0 Å². The molecule has 0 spiro atoms. The molecule has 0 radical (unpaired) electrons. The number of alkyl halides is 1. The molecule has 2 N–H and O–H groups in total. The maximum Gasteiger partial charge on any atom is 0.0502 e. The van der Waals surface area contributed by atoms with Crippen LogP contribution in [0.2, 0.25) is 0 Å². The van der Waals surface area contributed by atoms with E-state index < -0.39 is 0 Å². The molecule has 0 saturated carbocycles. The highest BCUT2D eigenvalue weighted by Gasteiger charge is 2.05. The van der Waals surface area contributed by atoms with Crippen molar-refractivity contribution in [3.8, 4) is 0 Å². The summed E-state index contributed by atoms with van der Waals surface area (Å²) in [5.41, 5.74) is 7.72. The van der Waals surface area contributed by atoms with Gasteiger partial charge in [0, 0.05) is 25.8 Å². The van der Waals surface area contributed by atoms with E-state index >= 15 is 0 Å². The smallest absolute Gasteiger partial charge is 0.0502 e. The van der Waals surface area contributed by atoms with Gasteiger partial charge in [-0.15, -0.1) is 22.9 Å². The highest BCUT2D eigenvalue weighted by Crippen LogP contribution is 2.33. The molecular formula is C9H7BrClNS. The third kappa shape index (κ3) is 1.56. The topological polar surface area (TPSA) is 26.0 Å². The van der Waals surface area contributed by atoms with Crippen molar-refractivity contribution >= 4 is 54.6 Å². The van der Waals surface area contributed by atoms with Crippen molar-refractivity contribution in [2.24, 2.45) is 0 Å². The summed E-state index contributed by atoms with van der Waals surface area (Å²) in [5.74, 6) is 0.506. The molecular weight excluding hydrogens is 270 g/mol. The zero-order valence-electron chi connectivity index (χ0n) is 6.68. The summed E-state index contributed by atoms with van der Waals surface area (Å²) < 4.78 is 2.25. The maximum absolute atomic E-state index is 5.80. The normalized spacial score (nSPS) is 10.9. The van der Waals surface area contributed by atoms with Gasteiger partial charge in [0.25, 0.3) is 0 Å². The number of hydrogen-bond acceptors (Lipinski definition) is 2. The van der Waals surface area contributed by atoms with Crippen LogP contribution in [0.4, 0.5) is 5.69 Å². The Morgan fingerprint density at radius 2 is 2.23 bits per heavy atom. The molecule has 1 aromatic carbocycles. The number of nitrogen functional groups attached to an aromatic ring is 1. The molecule has 0 unspecified atom stereocenters. The summed E-state index contributed by atoms with van der Waals surface area (Å²) in [6, 6.07) is 4.10. The molecule has 0 fully saturated rings. The van der Waals surface area contributed by atoms with Crippen molar-refractivity contribution in [3.05, 3.63) is 27.5 Å². The Morgan fingerprint density at radius 1 is 1.46 bits per heavy atom. The first-order valence-corrected chi connectivity index (χ1v) is 5.94. The summed E-state index contributed by atoms with van der Waals surface area (Å²) in [6.45, 7) is 0. The second-order valence-corrected chi connectivity index (χ2v) is 4.80. The lowest BCUT2D eigenvalue weighted by atomic mass is 10.2. The third-order valence-electron chi connectivity index (χ3n) is 1.92. The fourth-order valence-electron chi connectivity index (χ4n) is 1.22. The van der Waals surface area contributed by atoms with Crippen LogP contribution in [-0.4, -0.2) is 0 Å². The number of anilines is 1. The standard InChI is InChI=1S/C9H7BrClNS/c10-7-2-9-6(1-5(7)3-11)8(12)4-13-9/h1-2,4H,3,12H2. The van der Waals surface area contributed by atoms with Gasteiger partial charge in [-0.1, -0.05) is 15.9 Å². The molecule has 0 aliphatic heterocycles. The number of hydrogen-bond donors (Lipinski definition) is 1. The Morgan fingerprint density at radius 3 is 2.92 bits per heavy atom. The van der Waals surface area contributed by atoms with Gasteiger partial charge in [0.1, 0.15) is 0 Å². The summed E-state index contributed by atoms with van der Waals surface area (Å²) >= 11 is 10.9. The molecule has 1 heterocycles. The van der Waals surface area contributed by atoms with Crippen LogP contribution in [-0.2, 0) is 5.88 Å². The first-order chi connectivity index (χ1) is 6.22. The van der Waals surface area contributed by atoms with Crippen LogP contribution in [0.25, 0.3) is 10.1 Å². The van der Waals surface area contributed by atoms with E-state index in [1.54, 1.807) is 11.3 Å². The molecule has 0 aliphatic rings. The molecule has 0 bridgehead atoms. The molecule has 4 heteroatoms. The SMILES string of the molecule is Nc1csc2cc(Br)c(CCl)cc12. The predicted molar refractivity (Wildman–Crippen MR) is 63.5 cm³/mol. The minimum absolute atomic E-state index is 0.506. The predicted octanol–water partition coefficient (Wildman–Crippen LogP) is 3.98. The average Bonchev–Trinajstić information content (AvgIpc) is 2.46. The fourth-order valence-corrected chi connectivity index (χ4v) is 3.10. The van der Waals surface area contributed by atoms with E-state index in [9.17, 15) is 0 Å². The van der Waals surface area contributed by atoms with Crippen LogP contribution < -0.4 is 5.73 Å². The van der Waals surface area contributed by atoms with E-state index in [2.05, 4.69) is 22.0 Å². The van der Waals surface area contributed by atoms with Crippen molar-refractivity contribution < 1.29 is 0 Å². The van der Waals surface area contributed by atoms with Gasteiger partial charge in [0.15, 0.2) is 0 Å². The van der Waals surface area contributed by atoms with Gasteiger partial charge in [-0.2, -0.15) is 0 Å². The van der Waals surface area contributed by atoms with Crippen molar-refractivity contribution in [1.29, 1.82) is 0 Å². The molecule has 1 aromatic heterocycles. The van der Waals surface area contributed by atoms with Crippen LogP contribution in [0.5, 0.6) is 0 Å². The minimum Gasteiger partial charge on any atom is -0.398 e. The number of thiophene rings is 1. The van der Waals surface area contributed by atoms with Crippen LogP contribution in [0.1, 0.15) is 5.56 Å². The molecule has 0 amide bonds. The number of fused-ring (bicyclic) bond motifs is 1. The van der Waals surface area contributed by atoms with E-state index in [-0.39, 0.29) is 0 Å². The van der Waals surface area contributed by atoms with Gasteiger partial charge in [-0.05, 0) is 17.7 Å². The maximum atomic E-state index is 5.80. The van der Waals surface area contributed by atoms with Crippen molar-refractivity contribution in [1.82, 2.24) is 0 Å². The molecule has 0 aliphatic carbocycles. The van der Waals surface area contributed by atoms with E-state index in [0.29, 0.717) is 5.88 Å². The van der Waals surface area contributed by atoms with Crippen molar-refractivity contribution in [2.45, 2.75) is 5.88 Å². The van der Waals surface area contributed by atoms with E-state index in [0.717, 1.165) is 21.1 Å². The zero-order chi connectivity index (χ0) is 9.42. The molecule has 68 valence electrons. The van der Waals surface area contributed by atoms with Gasteiger partial charge < -0.3 is 5.73 Å². The Bertz CT molecular complexity index is 452. The number of benzene rings is 1. The Labute approximate surface area is 93.6 Å². The highest BCUT2D eigenvalue weighted by atomic mass is 79.9. The van der Waals surface area contributed by atoms with Gasteiger partial charge in [-0.25, -0.2) is 0 Å². The van der Waals surface area contributed by atoms with Crippen LogP contribution in [0.15, 0.2) is 22.0 Å². The first kappa shape index (κ1) is 9.31. The Hall–Kier alpha value is -0.250. The Balaban J connectivity index is 2.77. The molecule has 13 heavy (non-hydrogen) atoms. The van der Waals surface area contributed by atoms with Gasteiger partial charge >= 0.3 is 0 Å². The summed E-state index contributed by atoms with van der Waals surface area (Å²) in [7, 11) is 0. The average molecular weight is 277 g/mol.